The van der Waals surface area contributed by atoms with Gasteiger partial charge in [0.05, 0.1) is 4.90 Å². The minimum atomic E-state index is -3.79. The topological polar surface area (TPSA) is 99.0 Å². The average Bonchev–Trinajstić information content (AvgIpc) is 2.87. The summed E-state index contributed by atoms with van der Waals surface area (Å²) in [5.74, 6) is -0.193. The number of nitrogens with one attached hydrogen (secondary N) is 1. The third kappa shape index (κ3) is 5.62. The highest BCUT2D eigenvalue weighted by Crippen LogP contribution is 2.30. The van der Waals surface area contributed by atoms with Crippen LogP contribution in [0.3, 0.4) is 0 Å². The Bertz CT molecular complexity index is 1260. The van der Waals surface area contributed by atoms with Crippen molar-refractivity contribution in [3.8, 4) is 0 Å². The number of amides is 1. The molecule has 2 aromatic rings. The van der Waals surface area contributed by atoms with Gasteiger partial charge < -0.3 is 20.4 Å². The summed E-state index contributed by atoms with van der Waals surface area (Å²) in [7, 11) is -3.79. The van der Waals surface area contributed by atoms with E-state index in [0.717, 1.165) is 36.3 Å². The predicted molar refractivity (Wildman–Crippen MR) is 143 cm³/mol. The highest BCUT2D eigenvalue weighted by atomic mass is 32.2. The molecule has 0 unspecified atom stereocenters. The van der Waals surface area contributed by atoms with Crippen molar-refractivity contribution >= 4 is 44.5 Å². The molecule has 0 spiro atoms. The monoisotopic (exact) mass is 531 g/mol. The first-order valence-electron chi connectivity index (χ1n) is 11.8. The van der Waals surface area contributed by atoms with E-state index < -0.39 is 10.0 Å². The minimum Gasteiger partial charge on any atom is -0.405 e. The van der Waals surface area contributed by atoms with E-state index >= 15 is 0 Å². The fraction of sp³-hybridized carbons (Fsp3) is 0.360. The number of hydrogen-bond acceptors (Lipinski definition) is 7. The first-order chi connectivity index (χ1) is 17.2. The molecule has 4 rings (SSSR count). The van der Waals surface area contributed by atoms with Gasteiger partial charge in [-0.15, -0.1) is 0 Å². The number of anilines is 2. The Kier molecular flexibility index (Phi) is 7.79. The number of piperazine rings is 1. The molecule has 0 aromatic heterocycles. The number of nitrogens with zero attached hydrogens (tertiary/aromatic N) is 3. The molecule has 36 heavy (non-hydrogen) atoms. The Morgan fingerprint density at radius 3 is 2.47 bits per heavy atom. The van der Waals surface area contributed by atoms with Crippen LogP contribution >= 0.6 is 12.2 Å². The zero-order valence-corrected chi connectivity index (χ0v) is 21.7. The van der Waals surface area contributed by atoms with Crippen LogP contribution in [0.2, 0.25) is 0 Å². The zero-order chi connectivity index (χ0) is 25.9. The molecule has 0 saturated carbocycles. The van der Waals surface area contributed by atoms with Gasteiger partial charge in [0.2, 0.25) is 5.91 Å². The number of thiocarbonyl (C=S) groups is 1. The average molecular weight is 532 g/mol. The van der Waals surface area contributed by atoms with Gasteiger partial charge in [-0.2, -0.15) is 0 Å². The van der Waals surface area contributed by atoms with Crippen molar-refractivity contribution in [3.05, 3.63) is 66.1 Å². The maximum atomic E-state index is 13.7. The molecule has 2 aliphatic rings. The summed E-state index contributed by atoms with van der Waals surface area (Å²) in [5, 5.41) is 0. The summed E-state index contributed by atoms with van der Waals surface area (Å²) in [5.41, 5.74) is 8.01. The van der Waals surface area contributed by atoms with Crippen LogP contribution in [0.4, 0.5) is 15.8 Å². The van der Waals surface area contributed by atoms with Crippen molar-refractivity contribution in [1.29, 1.82) is 0 Å². The predicted octanol–water partition coefficient (Wildman–Crippen LogP) is 2.39. The number of carbonyl (C=O) groups is 1. The zero-order valence-electron chi connectivity index (χ0n) is 20.1. The van der Waals surface area contributed by atoms with Gasteiger partial charge in [0.15, 0.2) is 0 Å². The molecule has 192 valence electrons. The van der Waals surface area contributed by atoms with Gasteiger partial charge in [0, 0.05) is 44.1 Å². The van der Waals surface area contributed by atoms with E-state index in [0.29, 0.717) is 26.2 Å². The van der Waals surface area contributed by atoms with Gasteiger partial charge >= 0.3 is 0 Å². The van der Waals surface area contributed by atoms with Crippen LogP contribution in [0, 0.1) is 5.82 Å². The van der Waals surface area contributed by atoms with E-state index in [1.165, 1.54) is 30.5 Å². The molecule has 11 heteroatoms. The van der Waals surface area contributed by atoms with Crippen LogP contribution < -0.4 is 20.3 Å². The van der Waals surface area contributed by atoms with Crippen LogP contribution in [-0.2, 0) is 21.2 Å². The molecule has 8 nitrogen and oxygen atoms in total. The molecule has 1 amide bonds. The number of hydrogen-bond donors (Lipinski definition) is 2. The highest BCUT2D eigenvalue weighted by molar-refractivity contribution is 7.92. The lowest BCUT2D eigenvalue weighted by Gasteiger charge is -2.41. The first kappa shape index (κ1) is 25.9. The van der Waals surface area contributed by atoms with Crippen molar-refractivity contribution in [2.24, 2.45) is 5.73 Å². The second kappa shape index (κ2) is 10.8. The highest BCUT2D eigenvalue weighted by Gasteiger charge is 2.31. The summed E-state index contributed by atoms with van der Waals surface area (Å²) in [6.45, 7) is 5.08. The Labute approximate surface area is 216 Å². The molecule has 0 bridgehead atoms. The number of aryl methyl sites for hydroxylation is 1. The summed E-state index contributed by atoms with van der Waals surface area (Å²) in [6, 6.07) is 11.0. The van der Waals surface area contributed by atoms with Crippen molar-refractivity contribution < 1.29 is 17.6 Å². The third-order valence-electron chi connectivity index (χ3n) is 6.61. The van der Waals surface area contributed by atoms with Gasteiger partial charge in [-0.3, -0.25) is 9.52 Å². The van der Waals surface area contributed by atoms with Gasteiger partial charge in [-0.25, -0.2) is 12.8 Å². The lowest BCUT2D eigenvalue weighted by Crippen LogP contribution is -2.55. The molecule has 0 aliphatic carbocycles. The lowest BCUT2D eigenvalue weighted by molar-refractivity contribution is -0.132. The van der Waals surface area contributed by atoms with Crippen LogP contribution in [0.1, 0.15) is 18.9 Å². The standard InChI is InChI=1S/C25H30FN5O3S2/c1-18(31-12-2-3-19-17-20(26)4-9-23(19)31)25(32)30-15-13-29(14-16-30)21-5-7-22(8-6-21)36(33,34)28-24(35)10-11-27/h4-11,17-18H,2-3,12-16,27H2,1H3,(H,28,35)/b11-10-/t18-/m1/s1. The molecule has 1 fully saturated rings. The number of carbonyl (C=O) groups excluding carboxylic acids is 1. The van der Waals surface area contributed by atoms with E-state index in [9.17, 15) is 17.6 Å². The lowest BCUT2D eigenvalue weighted by atomic mass is 9.99. The van der Waals surface area contributed by atoms with Gasteiger partial charge in [-0.05, 0) is 80.1 Å². The fourth-order valence-electron chi connectivity index (χ4n) is 4.73. The van der Waals surface area contributed by atoms with E-state index in [1.54, 1.807) is 24.3 Å². The molecule has 0 radical (unpaired) electrons. The van der Waals surface area contributed by atoms with Crippen LogP contribution in [0.5, 0.6) is 0 Å². The SMILES string of the molecule is C[C@H](C(=O)N1CCN(c2ccc(S(=O)(=O)NC(=S)/C=C\N)cc2)CC1)N1CCCc2cc(F)ccc21. The fourth-order valence-corrected chi connectivity index (χ4v) is 6.08. The summed E-state index contributed by atoms with van der Waals surface area (Å²) < 4.78 is 40.9. The number of sulfonamides is 1. The van der Waals surface area contributed by atoms with Crippen LogP contribution in [-0.4, -0.2) is 63.0 Å². The van der Waals surface area contributed by atoms with Gasteiger partial charge in [0.25, 0.3) is 10.0 Å². The van der Waals surface area contributed by atoms with Crippen molar-refractivity contribution in [2.75, 3.05) is 42.5 Å². The first-order valence-corrected chi connectivity index (χ1v) is 13.7. The quantitative estimate of drug-likeness (QED) is 0.436. The molecule has 2 aromatic carbocycles. The molecule has 2 aliphatic heterocycles. The minimum absolute atomic E-state index is 0.0109. The molecule has 3 N–H and O–H groups in total. The number of nitrogens with two attached hydrogens (primary N) is 1. The normalized spacial score (nSPS) is 17.1. The molecular formula is C25H30FN5O3S2. The van der Waals surface area contributed by atoms with Crippen molar-refractivity contribution in [3.63, 3.8) is 0 Å². The van der Waals surface area contributed by atoms with E-state index in [-0.39, 0.29) is 27.7 Å². The summed E-state index contributed by atoms with van der Waals surface area (Å²) in [4.78, 5) is 19.5. The van der Waals surface area contributed by atoms with E-state index in [4.69, 9.17) is 18.0 Å². The third-order valence-corrected chi connectivity index (χ3v) is 8.36. The van der Waals surface area contributed by atoms with Crippen molar-refractivity contribution in [1.82, 2.24) is 9.62 Å². The Morgan fingerprint density at radius 1 is 1.11 bits per heavy atom. The van der Waals surface area contributed by atoms with Crippen molar-refractivity contribution in [2.45, 2.75) is 30.7 Å². The Morgan fingerprint density at radius 2 is 1.81 bits per heavy atom. The molecule has 2 heterocycles. The van der Waals surface area contributed by atoms with Crippen LogP contribution in [0.15, 0.2) is 59.6 Å². The summed E-state index contributed by atoms with van der Waals surface area (Å²) in [6.07, 6.45) is 4.17. The van der Waals surface area contributed by atoms with Gasteiger partial charge in [0.1, 0.15) is 16.8 Å². The number of benzene rings is 2. The Hall–Kier alpha value is -3.18. The Balaban J connectivity index is 1.36. The van der Waals surface area contributed by atoms with E-state index in [1.807, 2.05) is 11.8 Å². The molecule has 1 atom stereocenters. The number of rotatable bonds is 6. The number of fused-ring (bicyclic) bond motifs is 1. The molecular weight excluding hydrogens is 501 g/mol. The largest absolute Gasteiger partial charge is 0.405 e. The van der Waals surface area contributed by atoms with E-state index in [2.05, 4.69) is 14.5 Å². The van der Waals surface area contributed by atoms with Gasteiger partial charge in [-0.1, -0.05) is 12.2 Å². The molecule has 1 saturated heterocycles. The second-order valence-corrected chi connectivity index (χ2v) is 11.0. The summed E-state index contributed by atoms with van der Waals surface area (Å²) >= 11 is 4.93. The number of halogens is 1. The maximum absolute atomic E-state index is 13.7. The smallest absolute Gasteiger partial charge is 0.262 e. The second-order valence-electron chi connectivity index (χ2n) is 8.88. The maximum Gasteiger partial charge on any atom is 0.262 e. The van der Waals surface area contributed by atoms with Crippen LogP contribution in [0.25, 0.3) is 0 Å².